The number of carbonyl (C=O) groups excluding carboxylic acids is 2. The van der Waals surface area contributed by atoms with Gasteiger partial charge >= 0.3 is 6.09 Å². The predicted octanol–water partition coefficient (Wildman–Crippen LogP) is 4.62. The third-order valence-electron chi connectivity index (χ3n) is 6.09. The number of ether oxygens (including phenoxy) is 1. The van der Waals surface area contributed by atoms with E-state index in [2.05, 4.69) is 5.32 Å². The summed E-state index contributed by atoms with van der Waals surface area (Å²) in [5, 5.41) is 13.0. The Morgan fingerprint density at radius 1 is 1.12 bits per heavy atom. The second-order valence-corrected chi connectivity index (χ2v) is 9.44. The van der Waals surface area contributed by atoms with Crippen molar-refractivity contribution >= 4 is 17.7 Å². The molecule has 0 bridgehead atoms. The first kappa shape index (κ1) is 23.8. The van der Waals surface area contributed by atoms with Crippen molar-refractivity contribution in [2.75, 3.05) is 18.1 Å². The lowest BCUT2D eigenvalue weighted by atomic mass is 9.75. The first-order valence-corrected chi connectivity index (χ1v) is 11.2. The Labute approximate surface area is 190 Å². The van der Waals surface area contributed by atoms with E-state index in [1.165, 1.54) is 0 Å². The first-order chi connectivity index (χ1) is 15.2. The van der Waals surface area contributed by atoms with Gasteiger partial charge in [-0.05, 0) is 57.2 Å². The summed E-state index contributed by atoms with van der Waals surface area (Å²) in [4.78, 5) is 28.2. The lowest BCUT2D eigenvalue weighted by Gasteiger charge is -2.32. The Balaban J connectivity index is 1.90. The van der Waals surface area contributed by atoms with Gasteiger partial charge in [0.15, 0.2) is 0 Å². The number of fused-ring (bicyclic) bond motifs is 1. The smallest absolute Gasteiger partial charge is 0.414 e. The summed E-state index contributed by atoms with van der Waals surface area (Å²) in [6.07, 6.45) is 1.21. The van der Waals surface area contributed by atoms with Crippen molar-refractivity contribution in [2.45, 2.75) is 58.6 Å². The Morgan fingerprint density at radius 2 is 1.78 bits per heavy atom. The topological polar surface area (TPSA) is 78.9 Å². The number of anilines is 1. The van der Waals surface area contributed by atoms with E-state index in [0.29, 0.717) is 25.8 Å². The van der Waals surface area contributed by atoms with Crippen molar-refractivity contribution in [2.24, 2.45) is 5.41 Å². The van der Waals surface area contributed by atoms with Crippen LogP contribution in [0.25, 0.3) is 0 Å². The van der Waals surface area contributed by atoms with E-state index in [4.69, 9.17) is 4.74 Å². The van der Waals surface area contributed by atoms with Crippen LogP contribution in [0, 0.1) is 5.41 Å². The number of benzene rings is 2. The third kappa shape index (κ3) is 5.30. The molecule has 1 heterocycles. The average Bonchev–Trinajstić information content (AvgIpc) is 2.94. The summed E-state index contributed by atoms with van der Waals surface area (Å²) >= 11 is 0. The van der Waals surface area contributed by atoms with Crippen molar-refractivity contribution in [1.29, 1.82) is 0 Å². The van der Waals surface area contributed by atoms with Crippen LogP contribution in [-0.2, 0) is 16.0 Å². The number of hydrogen-bond acceptors (Lipinski definition) is 4. The molecular formula is C26H34N2O4. The molecule has 0 fully saturated rings. The van der Waals surface area contributed by atoms with Crippen LogP contribution in [0.3, 0.4) is 0 Å². The predicted molar refractivity (Wildman–Crippen MR) is 125 cm³/mol. The SMILES string of the molecule is CCC1(C(=O)N[C@@H](CO)c2ccccc2)CCN(C(=O)OC(C)(C)C)c2ccccc2C1. The van der Waals surface area contributed by atoms with Crippen LogP contribution in [0.5, 0.6) is 0 Å². The molecule has 2 atom stereocenters. The molecular weight excluding hydrogens is 404 g/mol. The third-order valence-corrected chi connectivity index (χ3v) is 6.09. The van der Waals surface area contributed by atoms with Crippen molar-refractivity contribution in [3.63, 3.8) is 0 Å². The standard InChI is InChI=1S/C26H34N2O4/c1-5-26(23(30)27-21(18-29)19-11-7-6-8-12-19)15-16-28(24(31)32-25(2,3)4)22-14-10-9-13-20(22)17-26/h6-14,21,29H,5,15-18H2,1-4H3,(H,27,30)/t21-,26?/m0/s1. The molecule has 1 aliphatic heterocycles. The van der Waals surface area contributed by atoms with Gasteiger partial charge in [0.25, 0.3) is 0 Å². The maximum absolute atomic E-state index is 13.6. The molecule has 172 valence electrons. The molecule has 0 aliphatic carbocycles. The highest BCUT2D eigenvalue weighted by Crippen LogP contribution is 2.40. The van der Waals surface area contributed by atoms with Crippen LogP contribution in [0.1, 0.15) is 57.7 Å². The number of aliphatic hydroxyl groups is 1. The highest BCUT2D eigenvalue weighted by molar-refractivity contribution is 5.91. The molecule has 6 nitrogen and oxygen atoms in total. The minimum absolute atomic E-state index is 0.108. The van der Waals surface area contributed by atoms with E-state index in [-0.39, 0.29) is 12.5 Å². The molecule has 0 saturated carbocycles. The molecule has 0 saturated heterocycles. The zero-order valence-corrected chi connectivity index (χ0v) is 19.4. The van der Waals surface area contributed by atoms with Gasteiger partial charge in [0.05, 0.1) is 23.8 Å². The first-order valence-electron chi connectivity index (χ1n) is 11.2. The quantitative estimate of drug-likeness (QED) is 0.714. The number of amides is 2. The fourth-order valence-corrected chi connectivity index (χ4v) is 4.22. The van der Waals surface area contributed by atoms with Gasteiger partial charge in [-0.25, -0.2) is 4.79 Å². The maximum atomic E-state index is 13.6. The molecule has 1 unspecified atom stereocenters. The summed E-state index contributed by atoms with van der Waals surface area (Å²) in [6, 6.07) is 16.7. The molecule has 3 rings (SSSR count). The zero-order chi connectivity index (χ0) is 23.4. The van der Waals surface area contributed by atoms with E-state index in [9.17, 15) is 14.7 Å². The number of nitrogens with one attached hydrogen (secondary N) is 1. The fourth-order valence-electron chi connectivity index (χ4n) is 4.22. The van der Waals surface area contributed by atoms with Gasteiger partial charge in [0, 0.05) is 6.54 Å². The van der Waals surface area contributed by atoms with Crippen LogP contribution < -0.4 is 10.2 Å². The van der Waals surface area contributed by atoms with Gasteiger partial charge in [0.2, 0.25) is 5.91 Å². The van der Waals surface area contributed by atoms with Crippen LogP contribution in [0.2, 0.25) is 0 Å². The Morgan fingerprint density at radius 3 is 2.41 bits per heavy atom. The molecule has 2 aromatic carbocycles. The van der Waals surface area contributed by atoms with Gasteiger partial charge in [-0.3, -0.25) is 9.69 Å². The lowest BCUT2D eigenvalue weighted by Crippen LogP contribution is -2.45. The zero-order valence-electron chi connectivity index (χ0n) is 19.4. The van der Waals surface area contributed by atoms with E-state index in [1.807, 2.05) is 82.3 Å². The van der Waals surface area contributed by atoms with Gasteiger partial charge in [-0.1, -0.05) is 55.5 Å². The number of carbonyl (C=O) groups is 2. The molecule has 6 heteroatoms. The normalized spacial score (nSPS) is 19.5. The van der Waals surface area contributed by atoms with Crippen molar-refractivity contribution in [3.8, 4) is 0 Å². The van der Waals surface area contributed by atoms with Gasteiger partial charge < -0.3 is 15.2 Å². The Kier molecular flexibility index (Phi) is 7.24. The van der Waals surface area contributed by atoms with E-state index in [0.717, 1.165) is 16.8 Å². The number of nitrogens with zero attached hydrogens (tertiary/aromatic N) is 1. The van der Waals surface area contributed by atoms with Crippen LogP contribution in [-0.4, -0.2) is 35.9 Å². The Bertz CT molecular complexity index is 938. The van der Waals surface area contributed by atoms with Crippen molar-refractivity contribution in [1.82, 2.24) is 5.32 Å². The molecule has 32 heavy (non-hydrogen) atoms. The van der Waals surface area contributed by atoms with Crippen LogP contribution >= 0.6 is 0 Å². The second kappa shape index (κ2) is 9.74. The summed E-state index contributed by atoms with van der Waals surface area (Å²) < 4.78 is 5.65. The maximum Gasteiger partial charge on any atom is 0.414 e. The van der Waals surface area contributed by atoms with Crippen molar-refractivity contribution in [3.05, 3.63) is 65.7 Å². The summed E-state index contributed by atoms with van der Waals surface area (Å²) in [5.41, 5.74) is 1.27. The Hall–Kier alpha value is -2.86. The minimum Gasteiger partial charge on any atom is -0.443 e. The molecule has 2 N–H and O–H groups in total. The van der Waals surface area contributed by atoms with E-state index in [1.54, 1.807) is 4.90 Å². The number of aliphatic hydroxyl groups excluding tert-OH is 1. The highest BCUT2D eigenvalue weighted by atomic mass is 16.6. The number of para-hydroxylation sites is 1. The van der Waals surface area contributed by atoms with Gasteiger partial charge in [0.1, 0.15) is 5.60 Å². The number of hydrogen-bond donors (Lipinski definition) is 2. The monoisotopic (exact) mass is 438 g/mol. The highest BCUT2D eigenvalue weighted by Gasteiger charge is 2.42. The number of rotatable bonds is 5. The second-order valence-electron chi connectivity index (χ2n) is 9.44. The average molecular weight is 439 g/mol. The fraction of sp³-hybridized carbons (Fsp3) is 0.462. The molecule has 0 spiro atoms. The van der Waals surface area contributed by atoms with E-state index < -0.39 is 23.2 Å². The molecule has 0 aromatic heterocycles. The summed E-state index contributed by atoms with van der Waals surface area (Å²) in [5.74, 6) is -0.108. The van der Waals surface area contributed by atoms with E-state index >= 15 is 0 Å². The molecule has 2 amide bonds. The summed E-state index contributed by atoms with van der Waals surface area (Å²) in [7, 11) is 0. The minimum atomic E-state index is -0.699. The molecule has 0 radical (unpaired) electrons. The van der Waals surface area contributed by atoms with Crippen LogP contribution in [0.15, 0.2) is 54.6 Å². The van der Waals surface area contributed by atoms with Gasteiger partial charge in [-0.15, -0.1) is 0 Å². The lowest BCUT2D eigenvalue weighted by molar-refractivity contribution is -0.132. The van der Waals surface area contributed by atoms with Crippen molar-refractivity contribution < 1.29 is 19.4 Å². The largest absolute Gasteiger partial charge is 0.443 e. The van der Waals surface area contributed by atoms with Gasteiger partial charge in [-0.2, -0.15) is 0 Å². The summed E-state index contributed by atoms with van der Waals surface area (Å²) in [6.45, 7) is 7.73. The molecule has 1 aliphatic rings. The molecule has 2 aromatic rings. The van der Waals surface area contributed by atoms with Crippen LogP contribution in [0.4, 0.5) is 10.5 Å².